The molecule has 0 saturated carbocycles. The number of carbonyl (C=O) groups is 2. The summed E-state index contributed by atoms with van der Waals surface area (Å²) in [6.07, 6.45) is -0.148. The van der Waals surface area contributed by atoms with E-state index in [1.807, 2.05) is 0 Å². The second kappa shape index (κ2) is 7.88. The van der Waals surface area contributed by atoms with Crippen LogP contribution in [-0.4, -0.2) is 29.8 Å². The van der Waals surface area contributed by atoms with E-state index < -0.39 is 11.9 Å². The van der Waals surface area contributed by atoms with Crippen LogP contribution in [0, 0.1) is 0 Å². The summed E-state index contributed by atoms with van der Waals surface area (Å²) >= 11 is 0. The van der Waals surface area contributed by atoms with Gasteiger partial charge in [0.15, 0.2) is 0 Å². The first-order valence-electron chi connectivity index (χ1n) is 6.90. The molecule has 0 aliphatic carbocycles. The first-order valence-corrected chi connectivity index (χ1v) is 6.90. The Morgan fingerprint density at radius 3 is 1.65 bits per heavy atom. The van der Waals surface area contributed by atoms with Gasteiger partial charge in [0, 0.05) is 0 Å². The van der Waals surface area contributed by atoms with Crippen LogP contribution >= 0.6 is 0 Å². The molecule has 6 nitrogen and oxygen atoms in total. The molecular formula is C16H15BO6. The van der Waals surface area contributed by atoms with Gasteiger partial charge in [-0.2, -0.15) is 0 Å². The summed E-state index contributed by atoms with van der Waals surface area (Å²) in [4.78, 5) is 21.4. The Morgan fingerprint density at radius 1 is 0.826 bits per heavy atom. The van der Waals surface area contributed by atoms with E-state index in [-0.39, 0.29) is 20.5 Å². The van der Waals surface area contributed by atoms with Crippen molar-refractivity contribution < 1.29 is 29.1 Å². The maximum Gasteiger partial charge on any atom is 0.576 e. The van der Waals surface area contributed by atoms with E-state index in [2.05, 4.69) is 0 Å². The number of hydrogen-bond donors (Lipinski definition) is 2. The van der Waals surface area contributed by atoms with Gasteiger partial charge < -0.3 is 19.5 Å². The van der Waals surface area contributed by atoms with Crippen LogP contribution in [0.4, 0.5) is 0 Å². The third-order valence-corrected chi connectivity index (χ3v) is 2.96. The summed E-state index contributed by atoms with van der Waals surface area (Å²) < 4.78 is 10.8. The Bertz CT molecular complexity index is 641. The molecule has 0 bridgehead atoms. The molecule has 0 amide bonds. The zero-order valence-corrected chi connectivity index (χ0v) is 12.3. The first kappa shape index (κ1) is 16.4. The summed E-state index contributed by atoms with van der Waals surface area (Å²) in [5.41, 5.74) is 1.27. The van der Waals surface area contributed by atoms with Gasteiger partial charge in [-0.25, -0.2) is 0 Å². The van der Waals surface area contributed by atoms with E-state index in [4.69, 9.17) is 19.5 Å². The molecule has 2 aromatic carbocycles. The van der Waals surface area contributed by atoms with Gasteiger partial charge in [-0.1, -0.05) is 24.3 Å². The fourth-order valence-corrected chi connectivity index (χ4v) is 2.01. The van der Waals surface area contributed by atoms with Crippen LogP contribution in [-0.2, 0) is 22.4 Å². The van der Waals surface area contributed by atoms with Gasteiger partial charge in [0.2, 0.25) is 0 Å². The van der Waals surface area contributed by atoms with Crippen molar-refractivity contribution >= 4 is 19.6 Å². The lowest BCUT2D eigenvalue weighted by molar-refractivity contribution is -0.137. The number of carboxylic acids is 2. The summed E-state index contributed by atoms with van der Waals surface area (Å²) in [6, 6.07) is 13.5. The van der Waals surface area contributed by atoms with Crippen molar-refractivity contribution in [2.75, 3.05) is 0 Å². The molecule has 0 unspecified atom stereocenters. The molecule has 0 aliphatic rings. The molecule has 0 saturated heterocycles. The van der Waals surface area contributed by atoms with E-state index in [1.54, 1.807) is 48.5 Å². The fraction of sp³-hybridized carbons (Fsp3) is 0.125. The largest absolute Gasteiger partial charge is 0.576 e. The normalized spacial score (nSPS) is 9.91. The highest BCUT2D eigenvalue weighted by Gasteiger charge is 2.05. The van der Waals surface area contributed by atoms with Gasteiger partial charge in [0.05, 0.1) is 12.8 Å². The highest BCUT2D eigenvalue weighted by molar-refractivity contribution is 6.20. The molecule has 0 aliphatic heterocycles. The second-order valence-corrected chi connectivity index (χ2v) is 4.84. The molecule has 7 heteroatoms. The SMILES string of the molecule is O=C(O)Cc1cccc(OBOc2cccc(CC(=O)O)c2)c1. The Hall–Kier alpha value is -2.96. The van der Waals surface area contributed by atoms with Gasteiger partial charge >= 0.3 is 19.6 Å². The number of carboxylic acid groups (broad SMARTS) is 2. The summed E-state index contributed by atoms with van der Waals surface area (Å²) in [6.45, 7) is 0. The number of hydrogen-bond acceptors (Lipinski definition) is 4. The van der Waals surface area contributed by atoms with Crippen molar-refractivity contribution in [3.8, 4) is 11.5 Å². The molecule has 118 valence electrons. The van der Waals surface area contributed by atoms with Crippen LogP contribution in [0.1, 0.15) is 11.1 Å². The van der Waals surface area contributed by atoms with E-state index in [0.717, 1.165) is 0 Å². The van der Waals surface area contributed by atoms with Crippen molar-refractivity contribution in [2.24, 2.45) is 0 Å². The summed E-state index contributed by atoms with van der Waals surface area (Å²) in [7, 11) is -0.0625. The molecule has 0 atom stereocenters. The maximum absolute atomic E-state index is 10.7. The van der Waals surface area contributed by atoms with Gasteiger partial charge in [0.1, 0.15) is 11.5 Å². The molecule has 0 radical (unpaired) electrons. The van der Waals surface area contributed by atoms with Crippen molar-refractivity contribution in [1.29, 1.82) is 0 Å². The van der Waals surface area contributed by atoms with Crippen molar-refractivity contribution in [3.63, 3.8) is 0 Å². The van der Waals surface area contributed by atoms with Crippen LogP contribution in [0.5, 0.6) is 11.5 Å². The van der Waals surface area contributed by atoms with Gasteiger partial charge in [-0.05, 0) is 35.4 Å². The molecule has 2 aromatic rings. The minimum atomic E-state index is -0.909. The van der Waals surface area contributed by atoms with Crippen LogP contribution in [0.25, 0.3) is 0 Å². The molecule has 0 heterocycles. The lowest BCUT2D eigenvalue weighted by atomic mass is 10.1. The number of benzene rings is 2. The Balaban J connectivity index is 1.89. The van der Waals surface area contributed by atoms with Crippen LogP contribution in [0.3, 0.4) is 0 Å². The Kier molecular flexibility index (Phi) is 5.63. The monoisotopic (exact) mass is 314 g/mol. The average Bonchev–Trinajstić information content (AvgIpc) is 2.46. The minimum Gasteiger partial charge on any atom is -0.529 e. The lowest BCUT2D eigenvalue weighted by Crippen LogP contribution is -2.11. The van der Waals surface area contributed by atoms with Gasteiger partial charge in [-0.3, -0.25) is 9.59 Å². The molecule has 23 heavy (non-hydrogen) atoms. The van der Waals surface area contributed by atoms with E-state index in [9.17, 15) is 9.59 Å². The smallest absolute Gasteiger partial charge is 0.529 e. The quantitative estimate of drug-likeness (QED) is 0.720. The number of rotatable bonds is 8. The van der Waals surface area contributed by atoms with E-state index >= 15 is 0 Å². The zero-order valence-electron chi connectivity index (χ0n) is 12.3. The van der Waals surface area contributed by atoms with Gasteiger partial charge in [0.25, 0.3) is 0 Å². The molecule has 2 N–H and O–H groups in total. The van der Waals surface area contributed by atoms with Crippen LogP contribution in [0.2, 0.25) is 0 Å². The highest BCUT2D eigenvalue weighted by Crippen LogP contribution is 2.16. The molecular weight excluding hydrogens is 299 g/mol. The summed E-state index contributed by atoms with van der Waals surface area (Å²) in [5, 5.41) is 17.5. The molecule has 0 spiro atoms. The highest BCUT2D eigenvalue weighted by atomic mass is 16.6. The van der Waals surface area contributed by atoms with Crippen molar-refractivity contribution in [1.82, 2.24) is 0 Å². The van der Waals surface area contributed by atoms with E-state index in [0.29, 0.717) is 22.6 Å². The first-order chi connectivity index (χ1) is 11.0. The molecule has 0 aromatic heterocycles. The zero-order chi connectivity index (χ0) is 16.7. The fourth-order valence-electron chi connectivity index (χ4n) is 2.01. The predicted molar refractivity (Wildman–Crippen MR) is 84.0 cm³/mol. The Labute approximate surface area is 133 Å². The van der Waals surface area contributed by atoms with Crippen molar-refractivity contribution in [3.05, 3.63) is 59.7 Å². The minimum absolute atomic E-state index is 0.0625. The summed E-state index contributed by atoms with van der Waals surface area (Å²) in [5.74, 6) is -0.807. The van der Waals surface area contributed by atoms with Gasteiger partial charge in [-0.15, -0.1) is 0 Å². The Morgan fingerprint density at radius 2 is 1.26 bits per heavy atom. The molecule has 0 fully saturated rings. The second-order valence-electron chi connectivity index (χ2n) is 4.84. The predicted octanol–water partition coefficient (Wildman–Crippen LogP) is 1.67. The third-order valence-electron chi connectivity index (χ3n) is 2.96. The van der Waals surface area contributed by atoms with E-state index in [1.165, 1.54) is 0 Å². The standard InChI is InChI=1S/C16H15BO6/c18-15(19)9-11-3-1-5-13(7-11)22-17-23-14-6-2-4-12(8-14)10-16(20)21/h1-8,17H,9-10H2,(H,18,19)(H,20,21). The average molecular weight is 314 g/mol. The molecule has 2 rings (SSSR count). The maximum atomic E-state index is 10.7. The third kappa shape index (κ3) is 5.74. The van der Waals surface area contributed by atoms with Crippen molar-refractivity contribution in [2.45, 2.75) is 12.8 Å². The topological polar surface area (TPSA) is 93.1 Å². The number of aliphatic carboxylic acids is 2. The lowest BCUT2D eigenvalue weighted by Gasteiger charge is -2.09. The van der Waals surface area contributed by atoms with Crippen LogP contribution in [0.15, 0.2) is 48.5 Å². The van der Waals surface area contributed by atoms with Crippen LogP contribution < -0.4 is 9.31 Å².